The van der Waals surface area contributed by atoms with Gasteiger partial charge in [-0.3, -0.25) is 10.1 Å². The van der Waals surface area contributed by atoms with Crippen LogP contribution in [0.15, 0.2) is 47.1 Å². The number of nitrogens with one attached hydrogen (secondary N) is 2. The molecule has 0 aliphatic rings. The summed E-state index contributed by atoms with van der Waals surface area (Å²) >= 11 is 3.38. The molecule has 0 spiro atoms. The van der Waals surface area contributed by atoms with E-state index in [2.05, 4.69) is 30.9 Å². The molecule has 0 atom stereocenters. The Balaban J connectivity index is 1.54. The molecule has 0 bridgehead atoms. The summed E-state index contributed by atoms with van der Waals surface area (Å²) < 4.78 is 6.18. The van der Waals surface area contributed by atoms with Crippen LogP contribution in [0.5, 0.6) is 0 Å². The van der Waals surface area contributed by atoms with Crippen molar-refractivity contribution in [3.8, 4) is 0 Å². The molecule has 4 rings (SSSR count). The van der Waals surface area contributed by atoms with E-state index in [4.69, 9.17) is 4.74 Å². The number of esters is 1. The number of aromatic amines is 2. The number of nitro benzene ring substituents is 1. The molecule has 0 radical (unpaired) electrons. The summed E-state index contributed by atoms with van der Waals surface area (Å²) in [5.41, 5.74) is 2.30. The van der Waals surface area contributed by atoms with Crippen molar-refractivity contribution in [3.05, 3.63) is 68.6 Å². The molecule has 0 saturated carbocycles. The molecule has 0 aliphatic carbocycles. The highest BCUT2D eigenvalue weighted by Gasteiger charge is 2.15. The minimum absolute atomic E-state index is 0.0333. The van der Waals surface area contributed by atoms with Gasteiger partial charge in [0.2, 0.25) is 0 Å². The average Bonchev–Trinajstić information content (AvgIpc) is 3.22. The first kappa shape index (κ1) is 16.3. The fourth-order valence-corrected chi connectivity index (χ4v) is 3.07. The molecule has 26 heavy (non-hydrogen) atoms. The van der Waals surface area contributed by atoms with Gasteiger partial charge < -0.3 is 14.7 Å². The van der Waals surface area contributed by atoms with Crippen LogP contribution < -0.4 is 0 Å². The lowest BCUT2D eigenvalue weighted by Crippen LogP contribution is -2.05. The van der Waals surface area contributed by atoms with Crippen LogP contribution in [0.25, 0.3) is 21.9 Å². The van der Waals surface area contributed by atoms with E-state index >= 15 is 0 Å². The van der Waals surface area contributed by atoms with E-state index in [1.807, 2.05) is 18.2 Å². The van der Waals surface area contributed by atoms with Crippen LogP contribution in [0, 0.1) is 10.1 Å². The lowest BCUT2D eigenvalue weighted by atomic mass is 10.2. The number of carbonyl (C=O) groups is 1. The van der Waals surface area contributed by atoms with Crippen LogP contribution in [0.1, 0.15) is 16.2 Å². The van der Waals surface area contributed by atoms with Crippen LogP contribution in [0.4, 0.5) is 5.69 Å². The summed E-state index contributed by atoms with van der Waals surface area (Å²) in [6, 6.07) is 9.90. The van der Waals surface area contributed by atoms with Crippen LogP contribution in [-0.4, -0.2) is 25.8 Å². The third kappa shape index (κ3) is 2.93. The minimum Gasteiger partial charge on any atom is -0.454 e. The monoisotopic (exact) mass is 414 g/mol. The molecule has 0 saturated heterocycles. The van der Waals surface area contributed by atoms with Crippen molar-refractivity contribution in [3.63, 3.8) is 0 Å². The van der Waals surface area contributed by atoms with E-state index < -0.39 is 10.9 Å². The number of carbonyl (C=O) groups excluding carboxylic acids is 1. The fraction of sp³-hybridized carbons (Fsp3) is 0.0588. The number of hydrogen-bond acceptors (Lipinski definition) is 5. The standard InChI is InChI=1S/C17H11BrN4O4/c18-9-1-3-13-11(5-9)12(7-19-13)17(23)26-8-16-20-14-4-2-10(22(24)25)6-15(14)21-16/h1-7,19H,8H2,(H,20,21). The number of benzene rings is 2. The van der Waals surface area contributed by atoms with Gasteiger partial charge in [-0.05, 0) is 24.3 Å². The highest BCUT2D eigenvalue weighted by atomic mass is 79.9. The average molecular weight is 415 g/mol. The zero-order valence-electron chi connectivity index (χ0n) is 13.2. The third-order valence-electron chi connectivity index (χ3n) is 3.93. The van der Waals surface area contributed by atoms with Crippen molar-refractivity contribution < 1.29 is 14.5 Å². The Bertz CT molecular complexity index is 1160. The van der Waals surface area contributed by atoms with E-state index in [-0.39, 0.29) is 12.3 Å². The van der Waals surface area contributed by atoms with E-state index in [0.29, 0.717) is 22.4 Å². The predicted molar refractivity (Wildman–Crippen MR) is 97.9 cm³/mol. The number of ether oxygens (including phenoxy) is 1. The van der Waals surface area contributed by atoms with Crippen molar-refractivity contribution in [2.24, 2.45) is 0 Å². The molecular formula is C17H11BrN4O4. The molecule has 4 aromatic rings. The summed E-state index contributed by atoms with van der Waals surface area (Å²) in [4.78, 5) is 32.9. The smallest absolute Gasteiger partial charge is 0.340 e. The highest BCUT2D eigenvalue weighted by molar-refractivity contribution is 9.10. The SMILES string of the molecule is O=C(OCc1nc2ccc([N+](=O)[O-])cc2[nH]1)c1c[nH]c2ccc(Br)cc12. The Morgan fingerprint density at radius 1 is 1.23 bits per heavy atom. The number of halogens is 1. The highest BCUT2D eigenvalue weighted by Crippen LogP contribution is 2.24. The molecule has 130 valence electrons. The van der Waals surface area contributed by atoms with Gasteiger partial charge >= 0.3 is 5.97 Å². The first-order valence-electron chi connectivity index (χ1n) is 7.58. The molecule has 2 N–H and O–H groups in total. The lowest BCUT2D eigenvalue weighted by molar-refractivity contribution is -0.384. The third-order valence-corrected chi connectivity index (χ3v) is 4.42. The second-order valence-corrected chi connectivity index (χ2v) is 6.53. The van der Waals surface area contributed by atoms with Crippen molar-refractivity contribution in [2.75, 3.05) is 0 Å². The van der Waals surface area contributed by atoms with Crippen LogP contribution >= 0.6 is 15.9 Å². The molecule has 2 aromatic carbocycles. The Kier molecular flexibility index (Phi) is 3.92. The van der Waals surface area contributed by atoms with Gasteiger partial charge in [-0.2, -0.15) is 0 Å². The predicted octanol–water partition coefficient (Wildman–Crippen LogP) is 4.07. The molecule has 0 unspecified atom stereocenters. The number of H-pyrrole nitrogens is 2. The Hall–Kier alpha value is -3.20. The summed E-state index contributed by atoms with van der Waals surface area (Å²) in [5.74, 6) is -0.0735. The van der Waals surface area contributed by atoms with Gasteiger partial charge in [0, 0.05) is 33.7 Å². The minimum atomic E-state index is -0.485. The number of hydrogen-bond donors (Lipinski definition) is 2. The summed E-state index contributed by atoms with van der Waals surface area (Å²) in [6.45, 7) is -0.0675. The molecule has 2 aromatic heterocycles. The van der Waals surface area contributed by atoms with Gasteiger partial charge in [0.25, 0.3) is 5.69 Å². The maximum atomic E-state index is 12.4. The van der Waals surface area contributed by atoms with Crippen LogP contribution in [-0.2, 0) is 11.3 Å². The lowest BCUT2D eigenvalue weighted by Gasteiger charge is -2.02. The van der Waals surface area contributed by atoms with Crippen LogP contribution in [0.2, 0.25) is 0 Å². The molecule has 2 heterocycles. The number of imidazole rings is 1. The molecule has 8 nitrogen and oxygen atoms in total. The van der Waals surface area contributed by atoms with E-state index in [9.17, 15) is 14.9 Å². The second-order valence-electron chi connectivity index (χ2n) is 5.61. The van der Waals surface area contributed by atoms with Crippen LogP contribution in [0.3, 0.4) is 0 Å². The maximum absolute atomic E-state index is 12.4. The van der Waals surface area contributed by atoms with E-state index in [0.717, 1.165) is 15.4 Å². The van der Waals surface area contributed by atoms with Gasteiger partial charge in [0.15, 0.2) is 0 Å². The van der Waals surface area contributed by atoms with Crippen molar-refractivity contribution in [1.29, 1.82) is 0 Å². The number of rotatable bonds is 4. The van der Waals surface area contributed by atoms with Gasteiger partial charge in [-0.15, -0.1) is 0 Å². The first-order valence-corrected chi connectivity index (χ1v) is 8.37. The number of aromatic nitrogens is 3. The van der Waals surface area contributed by atoms with E-state index in [1.165, 1.54) is 12.1 Å². The summed E-state index contributed by atoms with van der Waals surface area (Å²) in [5, 5.41) is 11.6. The van der Waals surface area contributed by atoms with Gasteiger partial charge in [0.05, 0.1) is 21.5 Å². The Morgan fingerprint density at radius 2 is 2.08 bits per heavy atom. The summed E-state index contributed by atoms with van der Waals surface area (Å²) in [6.07, 6.45) is 1.60. The second kappa shape index (κ2) is 6.26. The first-order chi connectivity index (χ1) is 12.5. The Morgan fingerprint density at radius 3 is 2.88 bits per heavy atom. The fourth-order valence-electron chi connectivity index (χ4n) is 2.71. The topological polar surface area (TPSA) is 114 Å². The molecule has 0 amide bonds. The van der Waals surface area contributed by atoms with Gasteiger partial charge in [-0.25, -0.2) is 9.78 Å². The molecule has 0 fully saturated rings. The molecular weight excluding hydrogens is 404 g/mol. The number of non-ortho nitro benzene ring substituents is 1. The normalized spacial score (nSPS) is 11.1. The van der Waals surface area contributed by atoms with E-state index in [1.54, 1.807) is 12.3 Å². The zero-order valence-corrected chi connectivity index (χ0v) is 14.7. The molecule has 9 heteroatoms. The number of fused-ring (bicyclic) bond motifs is 2. The van der Waals surface area contributed by atoms with Crippen molar-refractivity contribution in [2.45, 2.75) is 6.61 Å². The maximum Gasteiger partial charge on any atom is 0.340 e. The summed E-state index contributed by atoms with van der Waals surface area (Å²) in [7, 11) is 0. The number of nitrogens with zero attached hydrogens (tertiary/aromatic N) is 2. The van der Waals surface area contributed by atoms with Crippen molar-refractivity contribution in [1.82, 2.24) is 15.0 Å². The Labute approximate surface area is 154 Å². The van der Waals surface area contributed by atoms with Crippen molar-refractivity contribution >= 4 is 49.5 Å². The molecule has 0 aliphatic heterocycles. The van der Waals surface area contributed by atoms with Gasteiger partial charge in [0.1, 0.15) is 12.4 Å². The van der Waals surface area contributed by atoms with Gasteiger partial charge in [-0.1, -0.05) is 15.9 Å². The zero-order chi connectivity index (χ0) is 18.3. The number of nitro groups is 1. The quantitative estimate of drug-likeness (QED) is 0.296. The largest absolute Gasteiger partial charge is 0.454 e.